The van der Waals surface area contributed by atoms with Crippen LogP contribution in [0.2, 0.25) is 0 Å². The first-order chi connectivity index (χ1) is 7.84. The van der Waals surface area contributed by atoms with Crippen molar-refractivity contribution in [2.24, 2.45) is 5.92 Å². The van der Waals surface area contributed by atoms with E-state index in [9.17, 15) is 5.11 Å². The first kappa shape index (κ1) is 14.0. The molecule has 0 spiro atoms. The maximum atomic E-state index is 10.0. The van der Waals surface area contributed by atoms with E-state index in [-0.39, 0.29) is 6.23 Å². The van der Waals surface area contributed by atoms with Gasteiger partial charge in [0.2, 0.25) is 0 Å². The fourth-order valence-corrected chi connectivity index (χ4v) is 2.59. The Morgan fingerprint density at radius 1 is 0.938 bits per heavy atom. The van der Waals surface area contributed by atoms with Crippen LogP contribution in [0.1, 0.15) is 71.1 Å². The minimum absolute atomic E-state index is 0.272. The van der Waals surface area contributed by atoms with Gasteiger partial charge in [-0.05, 0) is 31.7 Å². The molecule has 16 heavy (non-hydrogen) atoms. The highest BCUT2D eigenvalue weighted by molar-refractivity contribution is 4.67. The van der Waals surface area contributed by atoms with Gasteiger partial charge in [0.15, 0.2) is 0 Å². The van der Waals surface area contributed by atoms with E-state index in [2.05, 4.69) is 12.2 Å². The summed E-state index contributed by atoms with van der Waals surface area (Å²) in [7, 11) is 0. The van der Waals surface area contributed by atoms with Crippen LogP contribution in [-0.2, 0) is 0 Å². The van der Waals surface area contributed by atoms with Crippen molar-refractivity contribution < 1.29 is 5.11 Å². The van der Waals surface area contributed by atoms with E-state index in [1.807, 2.05) is 0 Å². The molecular formula is C14H29NO. The van der Waals surface area contributed by atoms with Gasteiger partial charge in [-0.2, -0.15) is 0 Å². The monoisotopic (exact) mass is 227 g/mol. The quantitative estimate of drug-likeness (QED) is 0.719. The molecule has 2 N–H and O–H groups in total. The van der Waals surface area contributed by atoms with Gasteiger partial charge in [0, 0.05) is 0 Å². The Morgan fingerprint density at radius 2 is 1.50 bits per heavy atom. The van der Waals surface area contributed by atoms with Crippen molar-refractivity contribution in [2.45, 2.75) is 77.4 Å². The number of nitrogens with one attached hydrogen (secondary N) is 1. The molecule has 0 bridgehead atoms. The molecule has 1 aliphatic rings. The standard InChI is InChI=1S/C14H29NO/c1-2-13-11-9-7-5-3-4-6-8-10-12-15-14(13)16/h13-16H,2-12H2,1H3. The Morgan fingerprint density at radius 3 is 2.12 bits per heavy atom. The zero-order valence-electron chi connectivity index (χ0n) is 10.9. The predicted molar refractivity (Wildman–Crippen MR) is 69.3 cm³/mol. The van der Waals surface area contributed by atoms with Gasteiger partial charge in [-0.15, -0.1) is 0 Å². The summed E-state index contributed by atoms with van der Waals surface area (Å²) < 4.78 is 0. The Labute approximate surface area is 101 Å². The average Bonchev–Trinajstić information content (AvgIpc) is 2.31. The Bertz CT molecular complexity index is 161. The lowest BCUT2D eigenvalue weighted by atomic mass is 9.96. The summed E-state index contributed by atoms with van der Waals surface area (Å²) in [6.45, 7) is 3.17. The number of hydrogen-bond acceptors (Lipinski definition) is 2. The second-order valence-electron chi connectivity index (χ2n) is 5.18. The van der Waals surface area contributed by atoms with Crippen LogP contribution in [0.3, 0.4) is 0 Å². The second-order valence-corrected chi connectivity index (χ2v) is 5.18. The molecule has 2 unspecified atom stereocenters. The summed E-state index contributed by atoms with van der Waals surface area (Å²) in [5.74, 6) is 0.459. The summed E-state index contributed by atoms with van der Waals surface area (Å²) >= 11 is 0. The summed E-state index contributed by atoms with van der Waals surface area (Å²) in [5.41, 5.74) is 0. The van der Waals surface area contributed by atoms with Crippen molar-refractivity contribution in [3.8, 4) is 0 Å². The lowest BCUT2D eigenvalue weighted by Gasteiger charge is -2.22. The lowest BCUT2D eigenvalue weighted by molar-refractivity contribution is 0.0666. The molecule has 0 saturated carbocycles. The van der Waals surface area contributed by atoms with E-state index in [4.69, 9.17) is 0 Å². The van der Waals surface area contributed by atoms with E-state index < -0.39 is 0 Å². The highest BCUT2D eigenvalue weighted by Gasteiger charge is 2.16. The maximum absolute atomic E-state index is 10.0. The van der Waals surface area contributed by atoms with Crippen molar-refractivity contribution >= 4 is 0 Å². The minimum atomic E-state index is -0.272. The third kappa shape index (κ3) is 5.86. The van der Waals surface area contributed by atoms with Crippen LogP contribution in [0, 0.1) is 5.92 Å². The fraction of sp³-hybridized carbons (Fsp3) is 1.00. The highest BCUT2D eigenvalue weighted by atomic mass is 16.3. The summed E-state index contributed by atoms with van der Waals surface area (Å²) in [6, 6.07) is 0. The van der Waals surface area contributed by atoms with E-state index in [0.717, 1.165) is 13.0 Å². The van der Waals surface area contributed by atoms with Crippen LogP contribution in [0.15, 0.2) is 0 Å². The number of aliphatic hydroxyl groups is 1. The largest absolute Gasteiger partial charge is 0.378 e. The van der Waals surface area contributed by atoms with Gasteiger partial charge in [0.05, 0.1) is 0 Å². The maximum Gasteiger partial charge on any atom is 0.107 e. The molecule has 0 amide bonds. The molecule has 0 aromatic carbocycles. The first-order valence-electron chi connectivity index (χ1n) is 7.26. The third-order valence-electron chi connectivity index (χ3n) is 3.83. The minimum Gasteiger partial charge on any atom is -0.378 e. The normalized spacial score (nSPS) is 31.1. The highest BCUT2D eigenvalue weighted by Crippen LogP contribution is 2.18. The summed E-state index contributed by atoms with van der Waals surface area (Å²) in [4.78, 5) is 0. The zero-order chi connectivity index (χ0) is 11.6. The van der Waals surface area contributed by atoms with Crippen LogP contribution in [-0.4, -0.2) is 17.9 Å². The Hall–Kier alpha value is -0.0800. The molecule has 1 aliphatic heterocycles. The summed E-state index contributed by atoms with van der Waals surface area (Å²) in [5, 5.41) is 13.3. The second kappa shape index (κ2) is 9.00. The molecule has 2 heteroatoms. The van der Waals surface area contributed by atoms with Crippen molar-refractivity contribution in [1.82, 2.24) is 5.32 Å². The van der Waals surface area contributed by atoms with Crippen LogP contribution >= 0.6 is 0 Å². The van der Waals surface area contributed by atoms with Gasteiger partial charge in [-0.25, -0.2) is 0 Å². The van der Waals surface area contributed by atoms with Crippen LogP contribution < -0.4 is 5.32 Å². The van der Waals surface area contributed by atoms with Crippen LogP contribution in [0.5, 0.6) is 0 Å². The van der Waals surface area contributed by atoms with Gasteiger partial charge in [0.1, 0.15) is 6.23 Å². The molecule has 1 heterocycles. The summed E-state index contributed by atoms with van der Waals surface area (Å²) in [6.07, 6.45) is 12.7. The zero-order valence-corrected chi connectivity index (χ0v) is 10.9. The van der Waals surface area contributed by atoms with Crippen molar-refractivity contribution in [2.75, 3.05) is 6.54 Å². The molecule has 2 atom stereocenters. The van der Waals surface area contributed by atoms with Gasteiger partial charge in [-0.3, -0.25) is 5.32 Å². The molecule has 1 fully saturated rings. The molecular weight excluding hydrogens is 198 g/mol. The molecule has 0 radical (unpaired) electrons. The Kier molecular flexibility index (Phi) is 7.87. The van der Waals surface area contributed by atoms with Gasteiger partial charge >= 0.3 is 0 Å². The first-order valence-corrected chi connectivity index (χ1v) is 7.26. The SMILES string of the molecule is CCC1CCCCCCCCCCNC1O. The molecule has 1 rings (SSSR count). The predicted octanol–water partition coefficient (Wildman–Crippen LogP) is 3.45. The number of hydrogen-bond donors (Lipinski definition) is 2. The molecule has 0 aromatic rings. The van der Waals surface area contributed by atoms with E-state index >= 15 is 0 Å². The fourth-order valence-electron chi connectivity index (χ4n) is 2.59. The van der Waals surface area contributed by atoms with E-state index in [1.165, 1.54) is 57.8 Å². The van der Waals surface area contributed by atoms with Crippen molar-refractivity contribution in [3.05, 3.63) is 0 Å². The molecule has 0 aromatic heterocycles. The van der Waals surface area contributed by atoms with Crippen LogP contribution in [0.4, 0.5) is 0 Å². The lowest BCUT2D eigenvalue weighted by Crippen LogP contribution is -2.36. The van der Waals surface area contributed by atoms with Gasteiger partial charge in [-0.1, -0.05) is 51.9 Å². The Balaban J connectivity index is 2.31. The number of aliphatic hydroxyl groups excluding tert-OH is 1. The van der Waals surface area contributed by atoms with Gasteiger partial charge in [0.25, 0.3) is 0 Å². The third-order valence-corrected chi connectivity index (χ3v) is 3.83. The number of rotatable bonds is 1. The average molecular weight is 227 g/mol. The van der Waals surface area contributed by atoms with E-state index in [1.54, 1.807) is 0 Å². The molecule has 2 nitrogen and oxygen atoms in total. The molecule has 96 valence electrons. The topological polar surface area (TPSA) is 32.3 Å². The molecule has 1 saturated heterocycles. The molecule has 0 aliphatic carbocycles. The van der Waals surface area contributed by atoms with Crippen LogP contribution in [0.25, 0.3) is 0 Å². The van der Waals surface area contributed by atoms with Crippen molar-refractivity contribution in [1.29, 1.82) is 0 Å². The smallest absolute Gasteiger partial charge is 0.107 e. The van der Waals surface area contributed by atoms with Crippen molar-refractivity contribution in [3.63, 3.8) is 0 Å². The van der Waals surface area contributed by atoms with E-state index in [0.29, 0.717) is 5.92 Å². The van der Waals surface area contributed by atoms with Gasteiger partial charge < -0.3 is 5.11 Å².